The van der Waals surface area contributed by atoms with Gasteiger partial charge in [-0.1, -0.05) is 6.07 Å². The molecule has 0 fully saturated rings. The minimum Gasteiger partial charge on any atom is -0.478 e. The fourth-order valence-corrected chi connectivity index (χ4v) is 3.22. The molecule has 0 saturated heterocycles. The van der Waals surface area contributed by atoms with Crippen LogP contribution in [0.2, 0.25) is 0 Å². The second-order valence-electron chi connectivity index (χ2n) is 6.74. The van der Waals surface area contributed by atoms with Crippen molar-refractivity contribution in [2.75, 3.05) is 7.11 Å². The largest absolute Gasteiger partial charge is 0.478 e. The lowest BCUT2D eigenvalue weighted by Gasteiger charge is -2.06. The number of aromatic amines is 1. The van der Waals surface area contributed by atoms with Crippen LogP contribution in [0.25, 0.3) is 23.5 Å². The molecule has 10 nitrogen and oxygen atoms in total. The van der Waals surface area contributed by atoms with Crippen molar-refractivity contribution in [3.05, 3.63) is 84.5 Å². The van der Waals surface area contributed by atoms with Crippen molar-refractivity contribution in [1.29, 1.82) is 5.26 Å². The van der Waals surface area contributed by atoms with Gasteiger partial charge in [-0.15, -0.1) is 0 Å². The zero-order chi connectivity index (χ0) is 23.4. The predicted octanol–water partition coefficient (Wildman–Crippen LogP) is 3.74. The molecule has 1 aromatic carbocycles. The number of rotatable bonds is 7. The maximum Gasteiger partial charge on any atom is 0.335 e. The summed E-state index contributed by atoms with van der Waals surface area (Å²) in [7, 11) is 1.30. The standard InChI is InChI=1S/C22H17N3O7/c1-12-9-13(22(27)28)3-6-15(12)19-8-5-14(32-19)4-7-18-20(25(29)30)17(11-31-2)16(10-23)21(26)24-18/h3-9H,11H2,1-2H3,(H,24,26)(H,27,28)/b7-4+. The highest BCUT2D eigenvalue weighted by Crippen LogP contribution is 2.29. The fourth-order valence-electron chi connectivity index (χ4n) is 3.22. The van der Waals surface area contributed by atoms with Crippen LogP contribution in [0.3, 0.4) is 0 Å². The van der Waals surface area contributed by atoms with E-state index >= 15 is 0 Å². The van der Waals surface area contributed by atoms with Gasteiger partial charge in [-0.2, -0.15) is 5.26 Å². The molecular formula is C22H17N3O7. The lowest BCUT2D eigenvalue weighted by atomic mass is 10.0. The first-order valence-corrected chi connectivity index (χ1v) is 9.21. The molecule has 0 radical (unpaired) electrons. The third-order valence-corrected chi connectivity index (χ3v) is 4.68. The van der Waals surface area contributed by atoms with Crippen molar-refractivity contribution in [3.63, 3.8) is 0 Å². The molecule has 0 aliphatic rings. The second kappa shape index (κ2) is 9.11. The van der Waals surface area contributed by atoms with Crippen molar-refractivity contribution in [3.8, 4) is 17.4 Å². The number of nitrogens with zero attached hydrogens (tertiary/aromatic N) is 2. The number of nitrogens with one attached hydrogen (secondary N) is 1. The number of hydrogen-bond donors (Lipinski definition) is 2. The molecule has 2 aromatic heterocycles. The molecule has 0 amide bonds. The van der Waals surface area contributed by atoms with Crippen LogP contribution in [0.1, 0.15) is 38.5 Å². The van der Waals surface area contributed by atoms with E-state index in [0.717, 1.165) is 0 Å². The van der Waals surface area contributed by atoms with E-state index in [9.17, 15) is 25.0 Å². The van der Waals surface area contributed by atoms with Crippen LogP contribution in [-0.4, -0.2) is 28.1 Å². The maximum absolute atomic E-state index is 12.2. The van der Waals surface area contributed by atoms with Crippen molar-refractivity contribution < 1.29 is 24.0 Å². The molecule has 0 saturated carbocycles. The molecule has 0 aliphatic carbocycles. The zero-order valence-corrected chi connectivity index (χ0v) is 17.0. The third-order valence-electron chi connectivity index (χ3n) is 4.68. The van der Waals surface area contributed by atoms with Crippen LogP contribution in [0.4, 0.5) is 5.69 Å². The number of nitriles is 1. The number of methoxy groups -OCH3 is 1. The summed E-state index contributed by atoms with van der Waals surface area (Å²) in [5.41, 5.74) is -0.257. The molecule has 10 heteroatoms. The highest BCUT2D eigenvalue weighted by atomic mass is 16.6. The van der Waals surface area contributed by atoms with E-state index in [-0.39, 0.29) is 29.0 Å². The molecule has 0 unspecified atom stereocenters. The Morgan fingerprint density at radius 1 is 1.34 bits per heavy atom. The van der Waals surface area contributed by atoms with Crippen LogP contribution in [0.5, 0.6) is 0 Å². The van der Waals surface area contributed by atoms with Crippen LogP contribution in [0, 0.1) is 28.4 Å². The van der Waals surface area contributed by atoms with E-state index in [1.807, 2.05) is 0 Å². The summed E-state index contributed by atoms with van der Waals surface area (Å²) in [6, 6.07) is 9.59. The summed E-state index contributed by atoms with van der Waals surface area (Å²) in [4.78, 5) is 36.6. The lowest BCUT2D eigenvalue weighted by Crippen LogP contribution is -2.18. The quantitative estimate of drug-likeness (QED) is 0.419. The molecule has 3 rings (SSSR count). The molecule has 0 spiro atoms. The average molecular weight is 435 g/mol. The maximum atomic E-state index is 12.2. The first kappa shape index (κ1) is 22.2. The number of aryl methyl sites for hydroxylation is 1. The Kier molecular flexibility index (Phi) is 6.32. The SMILES string of the molecule is COCc1c([N+](=O)[O-])c(/C=C/c2ccc(-c3ccc(C(=O)O)cc3C)o2)[nH]c(=O)c1C#N. The normalized spacial score (nSPS) is 10.9. The van der Waals surface area contributed by atoms with Gasteiger partial charge in [0, 0.05) is 12.7 Å². The van der Waals surface area contributed by atoms with E-state index in [4.69, 9.17) is 14.3 Å². The Labute approximate surface area is 181 Å². The van der Waals surface area contributed by atoms with Gasteiger partial charge < -0.3 is 19.2 Å². The molecule has 0 bridgehead atoms. The van der Waals surface area contributed by atoms with E-state index in [1.54, 1.807) is 31.2 Å². The van der Waals surface area contributed by atoms with Gasteiger partial charge in [0.1, 0.15) is 28.8 Å². The Bertz CT molecular complexity index is 1340. The van der Waals surface area contributed by atoms with Crippen LogP contribution >= 0.6 is 0 Å². The van der Waals surface area contributed by atoms with Crippen molar-refractivity contribution in [1.82, 2.24) is 4.98 Å². The summed E-state index contributed by atoms with van der Waals surface area (Å²) in [5.74, 6) is -0.218. The number of hydrogen-bond acceptors (Lipinski definition) is 7. The molecule has 2 N–H and O–H groups in total. The van der Waals surface area contributed by atoms with Crippen LogP contribution < -0.4 is 5.56 Å². The van der Waals surface area contributed by atoms with Gasteiger partial charge in [-0.25, -0.2) is 4.79 Å². The first-order valence-electron chi connectivity index (χ1n) is 9.21. The van der Waals surface area contributed by atoms with Crippen LogP contribution in [0.15, 0.2) is 39.5 Å². The molecular weight excluding hydrogens is 418 g/mol. The van der Waals surface area contributed by atoms with Gasteiger partial charge in [0.25, 0.3) is 11.2 Å². The number of aromatic nitrogens is 1. The number of benzene rings is 1. The number of H-pyrrole nitrogens is 1. The summed E-state index contributed by atoms with van der Waals surface area (Å²) in [6.45, 7) is 1.47. The van der Waals surface area contributed by atoms with Gasteiger partial charge in [0.15, 0.2) is 0 Å². The summed E-state index contributed by atoms with van der Waals surface area (Å²) in [5, 5.41) is 29.9. The van der Waals surface area contributed by atoms with Crippen molar-refractivity contribution in [2.45, 2.75) is 13.5 Å². The number of furan rings is 1. The van der Waals surface area contributed by atoms with Crippen LogP contribution in [-0.2, 0) is 11.3 Å². The Hall–Kier alpha value is -4.49. The van der Waals surface area contributed by atoms with Gasteiger partial charge in [0.05, 0.1) is 22.7 Å². The zero-order valence-electron chi connectivity index (χ0n) is 17.0. The molecule has 162 valence electrons. The van der Waals surface area contributed by atoms with E-state index < -0.39 is 22.1 Å². The number of carboxylic acids is 1. The Morgan fingerprint density at radius 3 is 2.69 bits per heavy atom. The summed E-state index contributed by atoms with van der Waals surface area (Å²) >= 11 is 0. The van der Waals surface area contributed by atoms with Crippen molar-refractivity contribution in [2.24, 2.45) is 0 Å². The number of carboxylic acid groups (broad SMARTS) is 1. The van der Waals surface area contributed by atoms with E-state index in [0.29, 0.717) is 22.6 Å². The number of nitro groups is 1. The molecule has 3 aromatic rings. The average Bonchev–Trinajstić information content (AvgIpc) is 3.20. The predicted molar refractivity (Wildman–Crippen MR) is 114 cm³/mol. The molecule has 32 heavy (non-hydrogen) atoms. The van der Waals surface area contributed by atoms with Gasteiger partial charge >= 0.3 is 5.97 Å². The number of pyridine rings is 1. The van der Waals surface area contributed by atoms with E-state index in [1.165, 1.54) is 31.4 Å². The number of carbonyl (C=O) groups is 1. The Morgan fingerprint density at radius 2 is 2.09 bits per heavy atom. The van der Waals surface area contributed by atoms with E-state index in [2.05, 4.69) is 4.98 Å². The van der Waals surface area contributed by atoms with Gasteiger partial charge in [0.2, 0.25) is 0 Å². The Balaban J connectivity index is 2.00. The molecule has 0 aliphatic heterocycles. The monoisotopic (exact) mass is 435 g/mol. The molecule has 2 heterocycles. The summed E-state index contributed by atoms with van der Waals surface area (Å²) in [6.07, 6.45) is 2.74. The summed E-state index contributed by atoms with van der Waals surface area (Å²) < 4.78 is 10.7. The third kappa shape index (κ3) is 4.33. The van der Waals surface area contributed by atoms with Gasteiger partial charge in [-0.3, -0.25) is 14.9 Å². The first-order chi connectivity index (χ1) is 15.3. The number of aromatic carboxylic acids is 1. The highest BCUT2D eigenvalue weighted by molar-refractivity contribution is 5.88. The molecule has 0 atom stereocenters. The van der Waals surface area contributed by atoms with Crippen molar-refractivity contribution >= 4 is 23.8 Å². The second-order valence-corrected chi connectivity index (χ2v) is 6.74. The number of ether oxygens (including phenoxy) is 1. The smallest absolute Gasteiger partial charge is 0.335 e. The van der Waals surface area contributed by atoms with Gasteiger partial charge in [-0.05, 0) is 48.9 Å². The topological polar surface area (TPSA) is 159 Å². The highest BCUT2D eigenvalue weighted by Gasteiger charge is 2.25. The minimum absolute atomic E-state index is 0.106. The minimum atomic E-state index is -1.03. The fraction of sp³-hybridized carbons (Fsp3) is 0.136. The lowest BCUT2D eigenvalue weighted by molar-refractivity contribution is -0.386.